The van der Waals surface area contributed by atoms with Crippen molar-refractivity contribution in [1.29, 1.82) is 0 Å². The third-order valence-corrected chi connectivity index (χ3v) is 9.09. The summed E-state index contributed by atoms with van der Waals surface area (Å²) < 4.78 is 23.9. The van der Waals surface area contributed by atoms with Gasteiger partial charge in [0.25, 0.3) is 0 Å². The van der Waals surface area contributed by atoms with E-state index in [2.05, 4.69) is 75.5 Å². The Morgan fingerprint density at radius 1 is 0.488 bits per heavy atom. The lowest BCUT2D eigenvalue weighted by atomic mass is 10.0. The molecular formula is C34H26N2O3P2. The molecule has 5 nitrogen and oxygen atoms in total. The van der Waals surface area contributed by atoms with E-state index in [1.165, 1.54) is 5.39 Å². The molecule has 7 heteroatoms. The summed E-state index contributed by atoms with van der Waals surface area (Å²) in [5.74, 6) is 2.26. The molecule has 0 aliphatic carbocycles. The summed E-state index contributed by atoms with van der Waals surface area (Å²) in [7, 11) is -1.47. The fourth-order valence-electron chi connectivity index (χ4n) is 4.78. The highest BCUT2D eigenvalue weighted by molar-refractivity contribution is 7.46. The molecule has 0 bridgehead atoms. The molecule has 7 rings (SSSR count). The number of fused-ring (bicyclic) bond motifs is 2. The molecule has 0 aliphatic heterocycles. The van der Waals surface area contributed by atoms with Gasteiger partial charge < -0.3 is 13.6 Å². The zero-order valence-corrected chi connectivity index (χ0v) is 23.9. The molecule has 0 radical (unpaired) electrons. The van der Waals surface area contributed by atoms with E-state index in [1.54, 1.807) is 0 Å². The van der Waals surface area contributed by atoms with Crippen LogP contribution in [-0.4, -0.2) is 8.68 Å². The van der Waals surface area contributed by atoms with Crippen LogP contribution in [0.3, 0.4) is 0 Å². The van der Waals surface area contributed by atoms with Crippen molar-refractivity contribution >= 4 is 39.3 Å². The second-order valence-corrected chi connectivity index (χ2v) is 11.5. The summed E-state index contributed by atoms with van der Waals surface area (Å²) >= 11 is 0. The van der Waals surface area contributed by atoms with Gasteiger partial charge in [-0.25, -0.2) is 0 Å². The van der Waals surface area contributed by atoms with Crippen LogP contribution in [0.4, 0.5) is 0 Å². The maximum Gasteiger partial charge on any atom is 0.421 e. The first-order chi connectivity index (χ1) is 20.3. The maximum atomic E-state index is 6.77. The van der Waals surface area contributed by atoms with Crippen molar-refractivity contribution in [2.45, 2.75) is 0 Å². The molecule has 41 heavy (non-hydrogen) atoms. The standard InChI is InChI=1S/C34H26N2O3P2/c1-2-14-28(15-3-1)38-41(36-25-23-27-13-5-9-19-32(27)36)39-34-21-11-7-17-30(34)29-16-6-10-20-33(29)37-40-35-24-22-26-12-4-8-18-31(26)35/h1-25,40H. The zero-order valence-electron chi connectivity index (χ0n) is 22.0. The molecule has 2 unspecified atom stereocenters. The van der Waals surface area contributed by atoms with Crippen molar-refractivity contribution < 1.29 is 13.6 Å². The number of rotatable bonds is 9. The lowest BCUT2D eigenvalue weighted by Crippen LogP contribution is -2.04. The summed E-state index contributed by atoms with van der Waals surface area (Å²) in [4.78, 5) is 0. The molecule has 0 saturated heterocycles. The van der Waals surface area contributed by atoms with Gasteiger partial charge in [0.1, 0.15) is 17.2 Å². The number of nitrogens with zero attached hydrogens (tertiary/aromatic N) is 2. The number of benzene rings is 5. The van der Waals surface area contributed by atoms with Gasteiger partial charge in [-0.2, -0.15) is 0 Å². The second-order valence-electron chi connectivity index (χ2n) is 9.38. The fraction of sp³-hybridized carbons (Fsp3) is 0. The number of hydrogen-bond donors (Lipinski definition) is 0. The highest BCUT2D eigenvalue weighted by Crippen LogP contribution is 2.48. The Morgan fingerprint density at radius 3 is 1.88 bits per heavy atom. The smallest absolute Gasteiger partial charge is 0.421 e. The van der Waals surface area contributed by atoms with Gasteiger partial charge in [0.2, 0.25) is 0 Å². The molecule has 2 atom stereocenters. The van der Waals surface area contributed by atoms with E-state index in [4.69, 9.17) is 13.6 Å². The molecule has 0 spiro atoms. The van der Waals surface area contributed by atoms with Crippen LogP contribution in [-0.2, 0) is 0 Å². The van der Waals surface area contributed by atoms with Gasteiger partial charge in [0, 0.05) is 28.9 Å². The largest absolute Gasteiger partial charge is 0.455 e. The van der Waals surface area contributed by atoms with Gasteiger partial charge in [-0.1, -0.05) is 91.0 Å². The maximum absolute atomic E-state index is 6.77. The molecule has 0 saturated carbocycles. The molecule has 0 aliphatic rings. The van der Waals surface area contributed by atoms with Crippen LogP contribution in [0.15, 0.2) is 152 Å². The van der Waals surface area contributed by atoms with Gasteiger partial charge in [0.15, 0.2) is 8.96 Å². The van der Waals surface area contributed by atoms with Gasteiger partial charge in [-0.3, -0.25) is 8.68 Å². The Bertz CT molecular complexity index is 1930. The van der Waals surface area contributed by atoms with Crippen molar-refractivity contribution in [2.24, 2.45) is 0 Å². The predicted octanol–water partition coefficient (Wildman–Crippen LogP) is 9.93. The normalized spacial score (nSPS) is 12.2. The van der Waals surface area contributed by atoms with Gasteiger partial charge in [-0.15, -0.1) is 0 Å². The van der Waals surface area contributed by atoms with Gasteiger partial charge >= 0.3 is 8.53 Å². The van der Waals surface area contributed by atoms with Crippen LogP contribution in [0.2, 0.25) is 0 Å². The first-order valence-electron chi connectivity index (χ1n) is 13.3. The van der Waals surface area contributed by atoms with E-state index in [-0.39, 0.29) is 8.96 Å². The Balaban J connectivity index is 1.23. The summed E-state index contributed by atoms with van der Waals surface area (Å²) in [5, 5.41) is 2.32. The van der Waals surface area contributed by atoms with Crippen molar-refractivity contribution in [1.82, 2.24) is 8.68 Å². The topological polar surface area (TPSA) is 37.6 Å². The van der Waals surface area contributed by atoms with Gasteiger partial charge in [0.05, 0.1) is 11.0 Å². The summed E-state index contributed by atoms with van der Waals surface area (Å²) in [6.45, 7) is 0. The Labute approximate surface area is 241 Å². The van der Waals surface area contributed by atoms with E-state index in [0.717, 1.165) is 44.8 Å². The molecule has 5 aromatic carbocycles. The van der Waals surface area contributed by atoms with E-state index in [0.29, 0.717) is 0 Å². The summed E-state index contributed by atoms with van der Waals surface area (Å²) in [6, 6.07) is 46.7. The Morgan fingerprint density at radius 2 is 1.07 bits per heavy atom. The highest BCUT2D eigenvalue weighted by Gasteiger charge is 2.23. The minimum absolute atomic E-state index is 0.0972. The van der Waals surface area contributed by atoms with E-state index in [9.17, 15) is 0 Å². The van der Waals surface area contributed by atoms with Crippen LogP contribution < -0.4 is 13.6 Å². The summed E-state index contributed by atoms with van der Waals surface area (Å²) in [5.41, 5.74) is 4.09. The minimum atomic E-state index is -1.57. The lowest BCUT2D eigenvalue weighted by molar-refractivity contribution is 0.481. The SMILES string of the molecule is c1ccc(OP(Oc2ccccc2-c2ccccc2OPn2ccc3ccccc32)n2ccc3ccccc32)cc1. The van der Waals surface area contributed by atoms with Crippen LogP contribution in [0.5, 0.6) is 17.2 Å². The average Bonchev–Trinajstić information content (AvgIpc) is 3.65. The Hall–Kier alpha value is -4.56. The van der Waals surface area contributed by atoms with E-state index in [1.807, 2.05) is 85.1 Å². The third kappa shape index (κ3) is 5.30. The number of aromatic nitrogens is 2. The summed E-state index contributed by atoms with van der Waals surface area (Å²) in [6.07, 6.45) is 4.10. The van der Waals surface area contributed by atoms with Crippen molar-refractivity contribution in [3.8, 4) is 28.4 Å². The first kappa shape index (κ1) is 25.4. The number of hydrogen-bond acceptors (Lipinski definition) is 3. The molecule has 0 amide bonds. The fourth-order valence-corrected chi connectivity index (χ4v) is 6.97. The molecule has 2 heterocycles. The van der Waals surface area contributed by atoms with Crippen LogP contribution in [0.1, 0.15) is 0 Å². The van der Waals surface area contributed by atoms with Crippen molar-refractivity contribution in [2.75, 3.05) is 0 Å². The number of para-hydroxylation sites is 5. The molecule has 7 aromatic rings. The van der Waals surface area contributed by atoms with Crippen LogP contribution >= 0.6 is 17.5 Å². The minimum Gasteiger partial charge on any atom is -0.455 e. The van der Waals surface area contributed by atoms with Crippen LogP contribution in [0, 0.1) is 0 Å². The molecule has 0 N–H and O–H groups in total. The molecular weight excluding hydrogens is 546 g/mol. The van der Waals surface area contributed by atoms with E-state index < -0.39 is 8.53 Å². The highest BCUT2D eigenvalue weighted by atomic mass is 31.2. The van der Waals surface area contributed by atoms with Crippen molar-refractivity contribution in [3.05, 3.63) is 152 Å². The zero-order chi connectivity index (χ0) is 27.4. The predicted molar refractivity (Wildman–Crippen MR) is 170 cm³/mol. The quantitative estimate of drug-likeness (QED) is 0.162. The lowest BCUT2D eigenvalue weighted by Gasteiger charge is -2.22. The molecule has 200 valence electrons. The van der Waals surface area contributed by atoms with Crippen LogP contribution in [0.25, 0.3) is 32.9 Å². The third-order valence-electron chi connectivity index (χ3n) is 6.78. The van der Waals surface area contributed by atoms with Crippen molar-refractivity contribution in [3.63, 3.8) is 0 Å². The molecule has 0 fully saturated rings. The first-order valence-corrected chi connectivity index (χ1v) is 15.3. The Kier molecular flexibility index (Phi) is 7.13. The monoisotopic (exact) mass is 572 g/mol. The van der Waals surface area contributed by atoms with E-state index >= 15 is 0 Å². The average molecular weight is 573 g/mol. The van der Waals surface area contributed by atoms with Gasteiger partial charge in [-0.05, 0) is 53.9 Å². The molecule has 2 aromatic heterocycles. The second kappa shape index (κ2) is 11.5.